The minimum atomic E-state index is -1.55. The van der Waals surface area contributed by atoms with Crippen molar-refractivity contribution >= 4 is 73.3 Å². The maximum atomic E-state index is 14.6. The van der Waals surface area contributed by atoms with Crippen LogP contribution in [-0.4, -0.2) is 101 Å². The molecule has 3 heterocycles. The van der Waals surface area contributed by atoms with Gasteiger partial charge < -0.3 is 39.6 Å². The number of carboxylic acids is 1. The summed E-state index contributed by atoms with van der Waals surface area (Å²) in [5.41, 5.74) is -1.07. The van der Waals surface area contributed by atoms with Crippen LogP contribution in [0, 0.1) is 11.3 Å². The zero-order valence-corrected chi connectivity index (χ0v) is 34.1. The topological polar surface area (TPSA) is 208 Å². The van der Waals surface area contributed by atoms with Crippen molar-refractivity contribution in [1.29, 1.82) is 0 Å². The first-order chi connectivity index (χ1) is 26.6. The van der Waals surface area contributed by atoms with Crippen molar-refractivity contribution in [2.24, 2.45) is 11.3 Å². The van der Waals surface area contributed by atoms with E-state index in [-0.39, 0.29) is 30.6 Å². The van der Waals surface area contributed by atoms with Crippen LogP contribution in [0.25, 0.3) is 22.3 Å². The van der Waals surface area contributed by atoms with Crippen LogP contribution in [0.3, 0.4) is 0 Å². The molecule has 1 aliphatic heterocycles. The molecule has 2 aromatic heterocycles. The fraction of sp³-hybridized carbons (Fsp3) is 0.500. The summed E-state index contributed by atoms with van der Waals surface area (Å²) < 4.78 is 23.1. The van der Waals surface area contributed by atoms with Crippen LogP contribution in [0.4, 0.5) is 14.7 Å². The minimum Gasteiger partial charge on any atom is -0.495 e. The van der Waals surface area contributed by atoms with Gasteiger partial charge in [0.05, 0.1) is 36.4 Å². The molecule has 0 spiro atoms. The van der Waals surface area contributed by atoms with Crippen LogP contribution >= 0.6 is 27.3 Å². The van der Waals surface area contributed by atoms with E-state index in [1.165, 1.54) is 36.5 Å². The van der Waals surface area contributed by atoms with Crippen molar-refractivity contribution in [2.45, 2.75) is 89.1 Å². The Bertz CT molecular complexity index is 2050. The van der Waals surface area contributed by atoms with Gasteiger partial charge in [0.15, 0.2) is 5.13 Å². The lowest BCUT2D eigenvalue weighted by atomic mass is 9.85. The number of alkyl carbamates (subject to hydrolysis) is 1. The van der Waals surface area contributed by atoms with Crippen molar-refractivity contribution < 1.29 is 48.0 Å². The molecule has 3 aliphatic rings. The number of likely N-dealkylation sites (tertiary alicyclic amines) is 1. The number of methoxy groups -OCH3 is 2. The van der Waals surface area contributed by atoms with E-state index in [0.717, 1.165) is 25.7 Å². The summed E-state index contributed by atoms with van der Waals surface area (Å²) in [6, 6.07) is 2.93. The first kappa shape index (κ1) is 40.7. The molecule has 1 aromatic carbocycles. The van der Waals surface area contributed by atoms with Crippen molar-refractivity contribution in [3.05, 3.63) is 40.7 Å². The molecule has 4 amide bonds. The van der Waals surface area contributed by atoms with Crippen LogP contribution in [0.2, 0.25) is 0 Å². The maximum absolute atomic E-state index is 14.6. The third-order valence-corrected chi connectivity index (χ3v) is 11.9. The van der Waals surface area contributed by atoms with Crippen LogP contribution in [0.15, 0.2) is 40.7 Å². The van der Waals surface area contributed by atoms with Crippen LogP contribution < -0.4 is 25.4 Å². The third kappa shape index (κ3) is 8.40. The van der Waals surface area contributed by atoms with Crippen molar-refractivity contribution in [3.63, 3.8) is 0 Å². The molecule has 4 N–H and O–H groups in total. The number of nitrogens with one attached hydrogen (secondary N) is 3. The highest BCUT2D eigenvalue weighted by atomic mass is 79.9. The number of rotatable bonds is 12. The van der Waals surface area contributed by atoms with Gasteiger partial charge in [-0.05, 0) is 65.6 Å². The summed E-state index contributed by atoms with van der Waals surface area (Å²) in [4.78, 5) is 76.7. The summed E-state index contributed by atoms with van der Waals surface area (Å²) in [7, 11) is 2.77. The Hall–Kier alpha value is -4.97. The number of carbonyl (C=O) groups is 5. The van der Waals surface area contributed by atoms with Crippen molar-refractivity contribution in [1.82, 2.24) is 25.5 Å². The number of benzene rings is 1. The van der Waals surface area contributed by atoms with Gasteiger partial charge in [-0.2, -0.15) is 0 Å². The minimum absolute atomic E-state index is 0.00418. The van der Waals surface area contributed by atoms with Gasteiger partial charge in [-0.1, -0.05) is 26.8 Å². The second-order valence-corrected chi connectivity index (χ2v) is 16.8. The van der Waals surface area contributed by atoms with Crippen molar-refractivity contribution in [3.8, 4) is 22.9 Å². The number of pyridine rings is 1. The fourth-order valence-corrected chi connectivity index (χ4v) is 8.47. The molecular formula is C38H45BrN6O10S. The molecule has 56 heavy (non-hydrogen) atoms. The lowest BCUT2D eigenvalue weighted by Crippen LogP contribution is -2.59. The Labute approximate surface area is 335 Å². The molecule has 6 rings (SSSR count). The van der Waals surface area contributed by atoms with E-state index in [4.69, 9.17) is 19.2 Å². The van der Waals surface area contributed by atoms with E-state index in [1.807, 2.05) is 0 Å². The normalized spacial score (nSPS) is 22.5. The summed E-state index contributed by atoms with van der Waals surface area (Å²) in [6.07, 6.45) is 2.62. The highest BCUT2D eigenvalue weighted by molar-refractivity contribution is 9.10. The first-order valence-corrected chi connectivity index (χ1v) is 19.9. The Morgan fingerprint density at radius 2 is 1.80 bits per heavy atom. The average molecular weight is 858 g/mol. The number of amides is 4. The number of aliphatic carboxylic acids is 1. The molecule has 2 aliphatic carbocycles. The van der Waals surface area contributed by atoms with Crippen LogP contribution in [0.5, 0.6) is 11.5 Å². The number of carboxylic acid groups (broad SMARTS) is 1. The number of halogens is 1. The third-order valence-electron chi connectivity index (χ3n) is 10.3. The van der Waals surface area contributed by atoms with Crippen molar-refractivity contribution in [2.75, 3.05) is 26.1 Å². The fourth-order valence-electron chi connectivity index (χ4n) is 7.18. The monoisotopic (exact) mass is 856 g/mol. The Kier molecular flexibility index (Phi) is 11.8. The van der Waals surface area contributed by atoms with E-state index in [2.05, 4.69) is 48.2 Å². The Morgan fingerprint density at radius 3 is 2.43 bits per heavy atom. The van der Waals surface area contributed by atoms with Gasteiger partial charge in [-0.15, -0.1) is 17.9 Å². The standard InChI is InChI=1S/C38H45BrN6O10S/c1-7-19-16-38(19,33(48)49)44-31(46)25-14-21(17-45(25)32(47)30(37(2,3)4)42-36(51)55-20-10-8-9-11-20)54-27-15-23(24-18-56-34(41-24)43-35(50)53-6)40-29-22(27)12-13-26(52-5)28(29)39/h7,12-13,15,18-21,25,30H,1,8-11,14,16-17H2,2-6H3,(H,42,51)(H,44,46)(H,48,49)(H,41,43,50)/t19-,21-,25+,30-,38-/m1/s1. The molecule has 300 valence electrons. The molecule has 0 radical (unpaired) electrons. The van der Waals surface area contributed by atoms with Gasteiger partial charge in [-0.25, -0.2) is 24.4 Å². The smallest absolute Gasteiger partial charge is 0.413 e. The lowest BCUT2D eigenvalue weighted by molar-refractivity contribution is -0.146. The number of nitrogens with zero attached hydrogens (tertiary/aromatic N) is 3. The second kappa shape index (κ2) is 16.3. The van der Waals surface area contributed by atoms with E-state index in [1.54, 1.807) is 44.4 Å². The van der Waals surface area contributed by atoms with E-state index in [9.17, 15) is 29.1 Å². The largest absolute Gasteiger partial charge is 0.495 e. The highest BCUT2D eigenvalue weighted by Gasteiger charge is 2.61. The molecule has 5 atom stereocenters. The van der Waals surface area contributed by atoms with Crippen LogP contribution in [0.1, 0.15) is 59.3 Å². The van der Waals surface area contributed by atoms with Crippen LogP contribution in [-0.2, 0) is 23.9 Å². The molecule has 18 heteroatoms. The number of ether oxygens (including phenoxy) is 4. The molecular weight excluding hydrogens is 812 g/mol. The quantitative estimate of drug-likeness (QED) is 0.158. The summed E-state index contributed by atoms with van der Waals surface area (Å²) in [6.45, 7) is 9.03. The number of aromatic nitrogens is 2. The Balaban J connectivity index is 1.34. The molecule has 16 nitrogen and oxygen atoms in total. The van der Waals surface area contributed by atoms with Gasteiger partial charge in [0.25, 0.3) is 0 Å². The SMILES string of the molecule is C=C[C@@H]1C[C@]1(NC(=O)[C@@H]1C[C@@H](Oc2cc(-c3csc(NC(=O)OC)n3)nc3c(Br)c(OC)ccc23)CN1C(=O)[C@@H](NC(=O)OC1CCCC1)C(C)(C)C)C(=O)O. The van der Waals surface area contributed by atoms with Gasteiger partial charge in [0.1, 0.15) is 47.0 Å². The number of hydrogen-bond donors (Lipinski definition) is 4. The molecule has 1 saturated heterocycles. The van der Waals surface area contributed by atoms with Gasteiger partial charge in [0, 0.05) is 29.2 Å². The second-order valence-electron chi connectivity index (χ2n) is 15.2. The predicted octanol–water partition coefficient (Wildman–Crippen LogP) is 5.89. The van der Waals surface area contributed by atoms with Gasteiger partial charge in [0.2, 0.25) is 11.8 Å². The molecule has 2 saturated carbocycles. The predicted molar refractivity (Wildman–Crippen MR) is 210 cm³/mol. The number of carbonyl (C=O) groups excluding carboxylic acids is 4. The lowest BCUT2D eigenvalue weighted by Gasteiger charge is -2.35. The number of thiazole rings is 1. The summed E-state index contributed by atoms with van der Waals surface area (Å²) in [5, 5.41) is 20.7. The van der Waals surface area contributed by atoms with Gasteiger partial charge >= 0.3 is 18.2 Å². The molecule has 0 unspecified atom stereocenters. The molecule has 0 bridgehead atoms. The van der Waals surface area contributed by atoms with Gasteiger partial charge in [-0.3, -0.25) is 14.9 Å². The number of anilines is 1. The first-order valence-electron chi connectivity index (χ1n) is 18.2. The highest BCUT2D eigenvalue weighted by Crippen LogP contribution is 2.45. The Morgan fingerprint density at radius 1 is 1.07 bits per heavy atom. The average Bonchev–Trinajstić information content (AvgIpc) is 3.57. The van der Waals surface area contributed by atoms with E-state index < -0.39 is 65.0 Å². The zero-order valence-electron chi connectivity index (χ0n) is 31.7. The summed E-state index contributed by atoms with van der Waals surface area (Å²) in [5.74, 6) is -2.05. The number of hydrogen-bond acceptors (Lipinski definition) is 12. The molecule has 3 aromatic rings. The molecule has 3 fully saturated rings. The van der Waals surface area contributed by atoms with E-state index in [0.29, 0.717) is 38.3 Å². The number of fused-ring (bicyclic) bond motifs is 1. The maximum Gasteiger partial charge on any atom is 0.413 e. The van der Waals surface area contributed by atoms with E-state index >= 15 is 0 Å². The summed E-state index contributed by atoms with van der Waals surface area (Å²) >= 11 is 4.76. The zero-order chi connectivity index (χ0) is 40.5.